The minimum atomic E-state index is -4.92. The van der Waals surface area contributed by atoms with E-state index in [0.29, 0.717) is 13.2 Å². The lowest BCUT2D eigenvalue weighted by molar-refractivity contribution is -0.858. The lowest BCUT2D eigenvalue weighted by Gasteiger charge is -2.08. The number of hydrogen-bond donors (Lipinski definition) is 3. The SMILES string of the molecule is CCCOC(=O)NCCC[NH+](C)C.O=S(=O)([O-])O. The van der Waals surface area contributed by atoms with Gasteiger partial charge in [0.05, 0.1) is 27.2 Å². The van der Waals surface area contributed by atoms with Gasteiger partial charge in [-0.25, -0.2) is 13.2 Å². The summed E-state index contributed by atoms with van der Waals surface area (Å²) in [5.74, 6) is 0. The summed E-state index contributed by atoms with van der Waals surface area (Å²) >= 11 is 0. The highest BCUT2D eigenvalue weighted by atomic mass is 32.3. The molecule has 9 heteroatoms. The van der Waals surface area contributed by atoms with Crippen LogP contribution in [-0.2, 0) is 15.1 Å². The number of ether oxygens (including phenoxy) is 1. The van der Waals surface area contributed by atoms with Crippen LogP contribution in [0.1, 0.15) is 19.8 Å². The first-order chi connectivity index (χ1) is 8.16. The second kappa shape index (κ2) is 11.2. The van der Waals surface area contributed by atoms with E-state index in [-0.39, 0.29) is 6.09 Å². The van der Waals surface area contributed by atoms with Crippen molar-refractivity contribution in [1.29, 1.82) is 0 Å². The fraction of sp³-hybridized carbons (Fsp3) is 0.889. The Kier molecular flexibility index (Phi) is 12.1. The molecule has 0 unspecified atom stereocenters. The minimum absolute atomic E-state index is 0.296. The molecule has 0 aliphatic rings. The van der Waals surface area contributed by atoms with E-state index in [9.17, 15) is 4.79 Å². The lowest BCUT2D eigenvalue weighted by atomic mass is 10.4. The molecule has 0 atom stereocenters. The number of quaternary nitrogens is 1. The van der Waals surface area contributed by atoms with Gasteiger partial charge in [-0.1, -0.05) is 6.92 Å². The van der Waals surface area contributed by atoms with Gasteiger partial charge in [-0.2, -0.15) is 0 Å². The maximum atomic E-state index is 10.9. The van der Waals surface area contributed by atoms with E-state index in [0.717, 1.165) is 19.4 Å². The van der Waals surface area contributed by atoms with Crippen molar-refractivity contribution in [2.75, 3.05) is 33.8 Å². The van der Waals surface area contributed by atoms with Crippen LogP contribution in [0.15, 0.2) is 0 Å². The third-order valence-electron chi connectivity index (χ3n) is 1.56. The van der Waals surface area contributed by atoms with Gasteiger partial charge >= 0.3 is 6.09 Å². The highest BCUT2D eigenvalue weighted by molar-refractivity contribution is 7.79. The Bertz CT molecular complexity index is 296. The predicted molar refractivity (Wildman–Crippen MR) is 64.3 cm³/mol. The number of amides is 1. The van der Waals surface area contributed by atoms with E-state index >= 15 is 0 Å². The van der Waals surface area contributed by atoms with Crippen LogP contribution in [0.3, 0.4) is 0 Å². The first-order valence-corrected chi connectivity index (χ1v) is 6.91. The van der Waals surface area contributed by atoms with Gasteiger partial charge in [0.25, 0.3) is 0 Å². The molecule has 8 nitrogen and oxygen atoms in total. The van der Waals surface area contributed by atoms with Crippen LogP contribution < -0.4 is 10.2 Å². The van der Waals surface area contributed by atoms with E-state index in [2.05, 4.69) is 19.4 Å². The zero-order chi connectivity index (χ0) is 14.6. The third kappa shape index (κ3) is 29.4. The summed E-state index contributed by atoms with van der Waals surface area (Å²) in [4.78, 5) is 12.3. The molecule has 0 saturated heterocycles. The molecule has 0 aliphatic heterocycles. The van der Waals surface area contributed by atoms with E-state index in [1.54, 1.807) is 0 Å². The average Bonchev–Trinajstić information content (AvgIpc) is 2.18. The van der Waals surface area contributed by atoms with Crippen molar-refractivity contribution in [3.63, 3.8) is 0 Å². The van der Waals surface area contributed by atoms with Gasteiger partial charge in [0, 0.05) is 13.0 Å². The quantitative estimate of drug-likeness (QED) is 0.316. The molecule has 0 aliphatic carbocycles. The van der Waals surface area contributed by atoms with Crippen molar-refractivity contribution in [2.24, 2.45) is 0 Å². The van der Waals surface area contributed by atoms with Gasteiger partial charge in [-0.3, -0.25) is 4.55 Å². The number of alkyl carbamates (subject to hydrolysis) is 1. The Hall–Kier alpha value is -0.900. The molecule has 0 aromatic rings. The number of hydrogen-bond acceptors (Lipinski definition) is 5. The highest BCUT2D eigenvalue weighted by Gasteiger charge is 2.00. The Morgan fingerprint density at radius 2 is 1.94 bits per heavy atom. The predicted octanol–water partition coefficient (Wildman–Crippen LogP) is -1.34. The average molecular weight is 286 g/mol. The van der Waals surface area contributed by atoms with Crippen molar-refractivity contribution in [3.8, 4) is 0 Å². The minimum Gasteiger partial charge on any atom is -0.726 e. The fourth-order valence-corrected chi connectivity index (χ4v) is 0.878. The second-order valence-corrected chi connectivity index (χ2v) is 4.66. The molecule has 0 rings (SSSR count). The van der Waals surface area contributed by atoms with Crippen molar-refractivity contribution in [1.82, 2.24) is 5.32 Å². The van der Waals surface area contributed by atoms with Crippen molar-refractivity contribution in [2.45, 2.75) is 19.8 Å². The molecule has 0 aromatic heterocycles. The Balaban J connectivity index is 0. The summed E-state index contributed by atoms with van der Waals surface area (Å²) in [5.41, 5.74) is 0. The molecular formula is C9H22N2O6S. The largest absolute Gasteiger partial charge is 0.726 e. The maximum Gasteiger partial charge on any atom is 0.407 e. The lowest BCUT2D eigenvalue weighted by Crippen LogP contribution is -3.05. The molecule has 18 heavy (non-hydrogen) atoms. The summed E-state index contributed by atoms with van der Waals surface area (Å²) < 4.78 is 37.7. The summed E-state index contributed by atoms with van der Waals surface area (Å²) in [6.45, 7) is 4.25. The molecule has 1 amide bonds. The smallest absolute Gasteiger partial charge is 0.407 e. The van der Waals surface area contributed by atoms with Gasteiger partial charge in [0.2, 0.25) is 10.4 Å². The molecule has 0 saturated carbocycles. The van der Waals surface area contributed by atoms with Crippen molar-refractivity contribution < 1.29 is 32.0 Å². The monoisotopic (exact) mass is 286 g/mol. The van der Waals surface area contributed by atoms with Gasteiger partial charge in [-0.15, -0.1) is 0 Å². The van der Waals surface area contributed by atoms with Crippen LogP contribution in [-0.4, -0.2) is 57.4 Å². The Morgan fingerprint density at radius 3 is 2.33 bits per heavy atom. The number of carbonyl (C=O) groups excluding carboxylic acids is 1. The molecule has 0 fully saturated rings. The highest BCUT2D eigenvalue weighted by Crippen LogP contribution is 1.81. The van der Waals surface area contributed by atoms with Crippen LogP contribution in [0, 0.1) is 0 Å². The summed E-state index contributed by atoms with van der Waals surface area (Å²) in [7, 11) is -0.731. The molecular weight excluding hydrogens is 264 g/mol. The first-order valence-electron chi connectivity index (χ1n) is 5.54. The van der Waals surface area contributed by atoms with Crippen molar-refractivity contribution >= 4 is 16.5 Å². The molecule has 0 bridgehead atoms. The molecule has 0 spiro atoms. The van der Waals surface area contributed by atoms with E-state index in [1.165, 1.54) is 4.90 Å². The second-order valence-electron chi connectivity index (χ2n) is 3.80. The molecule has 110 valence electrons. The Labute approximate surface area is 108 Å². The van der Waals surface area contributed by atoms with Gasteiger partial charge in [-0.05, 0) is 6.42 Å². The zero-order valence-corrected chi connectivity index (χ0v) is 11.7. The summed E-state index contributed by atoms with van der Waals surface area (Å²) in [6.07, 6.45) is 1.56. The first kappa shape index (κ1) is 19.4. The van der Waals surface area contributed by atoms with Crippen LogP contribution >= 0.6 is 0 Å². The fourth-order valence-electron chi connectivity index (χ4n) is 0.878. The van der Waals surface area contributed by atoms with Crippen molar-refractivity contribution in [3.05, 3.63) is 0 Å². The Morgan fingerprint density at radius 1 is 1.44 bits per heavy atom. The number of nitrogens with one attached hydrogen (secondary N) is 2. The summed E-state index contributed by atoms with van der Waals surface area (Å²) in [6, 6.07) is 0. The van der Waals surface area contributed by atoms with E-state index in [1.807, 2.05) is 6.92 Å². The van der Waals surface area contributed by atoms with Gasteiger partial charge in [0.1, 0.15) is 0 Å². The summed E-state index contributed by atoms with van der Waals surface area (Å²) in [5, 5.41) is 2.70. The van der Waals surface area contributed by atoms with Crippen LogP contribution in [0.25, 0.3) is 0 Å². The van der Waals surface area contributed by atoms with Crippen LogP contribution in [0.4, 0.5) is 4.79 Å². The van der Waals surface area contributed by atoms with Crippen LogP contribution in [0.5, 0.6) is 0 Å². The van der Waals surface area contributed by atoms with Gasteiger partial charge in [0.15, 0.2) is 0 Å². The molecule has 0 heterocycles. The molecule has 3 N–H and O–H groups in total. The van der Waals surface area contributed by atoms with Gasteiger partial charge < -0.3 is 19.5 Å². The van der Waals surface area contributed by atoms with Crippen LogP contribution in [0.2, 0.25) is 0 Å². The van der Waals surface area contributed by atoms with E-state index < -0.39 is 10.4 Å². The zero-order valence-electron chi connectivity index (χ0n) is 10.9. The molecule has 0 radical (unpaired) electrons. The molecule has 0 aromatic carbocycles. The standard InChI is InChI=1S/C9H20N2O2.H2O4S/c1-4-8-13-9(12)10-6-5-7-11(2)3;1-5(2,3)4/h4-8H2,1-3H3,(H,10,12);(H2,1,2,3,4). The maximum absolute atomic E-state index is 10.9. The third-order valence-corrected chi connectivity index (χ3v) is 1.56. The number of rotatable bonds is 6. The number of carbonyl (C=O) groups is 1. The van der Waals surface area contributed by atoms with E-state index in [4.69, 9.17) is 22.3 Å². The topological polar surface area (TPSA) is 120 Å². The normalized spacial score (nSPS) is 10.6.